The second-order valence-corrected chi connectivity index (χ2v) is 9.15. The van der Waals surface area contributed by atoms with Gasteiger partial charge in [0.2, 0.25) is 6.54 Å². The quantitative estimate of drug-likeness (QED) is 0.136. The van der Waals surface area contributed by atoms with E-state index < -0.39 is 10.2 Å². The normalized spacial score (nSPS) is 11.8. The number of aromatic nitrogens is 3. The van der Waals surface area contributed by atoms with Crippen molar-refractivity contribution >= 4 is 11.8 Å². The summed E-state index contributed by atoms with van der Waals surface area (Å²) in [6, 6.07) is 17.2. The Bertz CT molecular complexity index is 1380. The number of nitrogens with zero attached hydrogens (tertiary/aromatic N) is 4. The largest absolute Gasteiger partial charge is 0.490 e. The molecule has 0 bridgehead atoms. The summed E-state index contributed by atoms with van der Waals surface area (Å²) in [6.45, 7) is 3.51. The van der Waals surface area contributed by atoms with Gasteiger partial charge in [-0.25, -0.2) is 8.78 Å². The van der Waals surface area contributed by atoms with E-state index in [1.165, 1.54) is 30.0 Å². The van der Waals surface area contributed by atoms with Crippen LogP contribution >= 0.6 is 11.8 Å². The van der Waals surface area contributed by atoms with Gasteiger partial charge in [-0.1, -0.05) is 36.0 Å². The van der Waals surface area contributed by atoms with Crippen LogP contribution in [0.1, 0.15) is 29.1 Å². The van der Waals surface area contributed by atoms with Crippen molar-refractivity contribution in [3.05, 3.63) is 105 Å². The van der Waals surface area contributed by atoms with Gasteiger partial charge in [0.25, 0.3) is 0 Å². The van der Waals surface area contributed by atoms with Crippen LogP contribution in [0.3, 0.4) is 0 Å². The lowest BCUT2D eigenvalue weighted by molar-refractivity contribution is -0.479. The molecule has 37 heavy (non-hydrogen) atoms. The molecule has 1 heterocycles. The fourth-order valence-electron chi connectivity index (χ4n) is 3.66. The molecule has 0 fully saturated rings. The van der Waals surface area contributed by atoms with E-state index in [0.29, 0.717) is 45.9 Å². The maximum Gasteiger partial charge on any atom is 0.220 e. The number of rotatable bonds is 11. The summed E-state index contributed by atoms with van der Waals surface area (Å²) in [7, 11) is 0. The smallest absolute Gasteiger partial charge is 0.220 e. The Hall–Kier alpha value is -3.99. The molecule has 0 amide bonds. The minimum absolute atomic E-state index is 0.000772. The molecule has 0 saturated carbocycles. The van der Waals surface area contributed by atoms with Crippen LogP contribution in [0.4, 0.5) is 8.78 Å². The summed E-state index contributed by atoms with van der Waals surface area (Å²) >= 11 is 1.17. The fourth-order valence-corrected chi connectivity index (χ4v) is 4.83. The van der Waals surface area contributed by atoms with Crippen molar-refractivity contribution in [3.8, 4) is 17.2 Å². The summed E-state index contributed by atoms with van der Waals surface area (Å²) in [5.74, 6) is 0.585. The van der Waals surface area contributed by atoms with Gasteiger partial charge in [-0.15, -0.1) is 10.2 Å². The molecule has 0 aliphatic heterocycles. The third kappa shape index (κ3) is 6.42. The Morgan fingerprint density at radius 2 is 1.78 bits per heavy atom. The topological polar surface area (TPSA) is 92.3 Å². The van der Waals surface area contributed by atoms with Crippen molar-refractivity contribution in [3.63, 3.8) is 0 Å². The molecular formula is C26H24F2N4O4S. The summed E-state index contributed by atoms with van der Waals surface area (Å²) in [5.41, 5.74) is 1.65. The second kappa shape index (κ2) is 11.8. The van der Waals surface area contributed by atoms with E-state index in [-0.39, 0.29) is 24.8 Å². The van der Waals surface area contributed by atoms with E-state index in [4.69, 9.17) is 9.47 Å². The monoisotopic (exact) mass is 526 g/mol. The van der Waals surface area contributed by atoms with Crippen LogP contribution in [0.2, 0.25) is 0 Å². The van der Waals surface area contributed by atoms with Crippen LogP contribution < -0.4 is 9.47 Å². The Morgan fingerprint density at radius 1 is 1.03 bits per heavy atom. The molecule has 4 aromatic rings. The molecular weight excluding hydrogens is 502 g/mol. The second-order valence-electron chi connectivity index (χ2n) is 7.98. The third-order valence-corrected chi connectivity index (χ3v) is 6.60. The van der Waals surface area contributed by atoms with E-state index >= 15 is 0 Å². The Balaban J connectivity index is 1.63. The van der Waals surface area contributed by atoms with Gasteiger partial charge >= 0.3 is 0 Å². The summed E-state index contributed by atoms with van der Waals surface area (Å²) in [5, 5.41) is 19.7. The molecule has 0 aliphatic carbocycles. The van der Waals surface area contributed by atoms with Gasteiger partial charge in [-0.3, -0.25) is 14.7 Å². The highest BCUT2D eigenvalue weighted by Crippen LogP contribution is 2.39. The van der Waals surface area contributed by atoms with E-state index in [9.17, 15) is 18.9 Å². The Morgan fingerprint density at radius 3 is 2.49 bits per heavy atom. The molecule has 0 radical (unpaired) electrons. The molecule has 1 aromatic heterocycles. The molecule has 8 nitrogen and oxygen atoms in total. The Labute approximate surface area is 216 Å². The van der Waals surface area contributed by atoms with Crippen LogP contribution in [0, 0.1) is 28.7 Å². The van der Waals surface area contributed by atoms with Gasteiger partial charge < -0.3 is 9.47 Å². The number of benzene rings is 3. The number of nitro groups is 1. The van der Waals surface area contributed by atoms with Gasteiger partial charge in [0.1, 0.15) is 29.3 Å². The predicted molar refractivity (Wildman–Crippen MR) is 135 cm³/mol. The van der Waals surface area contributed by atoms with Crippen molar-refractivity contribution in [1.82, 2.24) is 14.8 Å². The number of ether oxygens (including phenoxy) is 2. The number of thioether (sulfide) groups is 1. The molecule has 3 aromatic carbocycles. The highest BCUT2D eigenvalue weighted by molar-refractivity contribution is 7.99. The number of hydrogen-bond donors (Lipinski definition) is 0. The van der Waals surface area contributed by atoms with Crippen molar-refractivity contribution in [2.45, 2.75) is 30.9 Å². The van der Waals surface area contributed by atoms with E-state index in [1.807, 2.05) is 6.92 Å². The lowest BCUT2D eigenvalue weighted by Crippen LogP contribution is -2.12. The first-order chi connectivity index (χ1) is 17.9. The standard InChI is InChI=1S/C26H24F2N4O4S/c1-3-35-24-14-18(8-13-23(24)36-16-19-6-4-5-7-22(19)28)25(15-31(33)34)37-26-30-29-17(2)32(26)21-11-9-20(27)10-12-21/h4-14,25H,3,15-16H2,1-2H3/t25-/m0/s1. The molecule has 0 spiro atoms. The molecule has 0 aliphatic rings. The van der Waals surface area contributed by atoms with Gasteiger partial charge in [0.15, 0.2) is 16.7 Å². The first kappa shape index (κ1) is 26.1. The van der Waals surface area contributed by atoms with Gasteiger partial charge in [-0.05, 0) is 61.9 Å². The first-order valence-electron chi connectivity index (χ1n) is 11.4. The summed E-state index contributed by atoms with van der Waals surface area (Å²) in [6.07, 6.45) is 0. The average Bonchev–Trinajstić information content (AvgIpc) is 3.24. The van der Waals surface area contributed by atoms with Crippen molar-refractivity contribution < 1.29 is 23.2 Å². The first-order valence-corrected chi connectivity index (χ1v) is 12.3. The summed E-state index contributed by atoms with van der Waals surface area (Å²) < 4.78 is 40.7. The van der Waals surface area contributed by atoms with Crippen molar-refractivity contribution in [1.29, 1.82) is 0 Å². The zero-order chi connectivity index (χ0) is 26.4. The Kier molecular flexibility index (Phi) is 8.34. The van der Waals surface area contributed by atoms with Crippen LogP contribution in [-0.2, 0) is 6.61 Å². The van der Waals surface area contributed by atoms with Crippen LogP contribution in [0.25, 0.3) is 5.69 Å². The molecule has 1 atom stereocenters. The highest BCUT2D eigenvalue weighted by Gasteiger charge is 2.25. The van der Waals surface area contributed by atoms with Crippen molar-refractivity contribution in [2.75, 3.05) is 13.2 Å². The summed E-state index contributed by atoms with van der Waals surface area (Å²) in [4.78, 5) is 11.2. The minimum Gasteiger partial charge on any atom is -0.490 e. The zero-order valence-corrected chi connectivity index (χ0v) is 21.0. The minimum atomic E-state index is -0.641. The fraction of sp³-hybridized carbons (Fsp3) is 0.231. The number of halogens is 2. The van der Waals surface area contributed by atoms with E-state index in [2.05, 4.69) is 10.2 Å². The van der Waals surface area contributed by atoms with Gasteiger partial charge in [0, 0.05) is 16.2 Å². The molecule has 192 valence electrons. The lowest BCUT2D eigenvalue weighted by Gasteiger charge is -2.17. The molecule has 0 N–H and O–H groups in total. The van der Waals surface area contributed by atoms with Crippen LogP contribution in [0.5, 0.6) is 11.5 Å². The maximum atomic E-state index is 14.0. The van der Waals surface area contributed by atoms with Crippen LogP contribution in [-0.4, -0.2) is 32.8 Å². The molecule has 0 unspecified atom stereocenters. The van der Waals surface area contributed by atoms with Crippen LogP contribution in [0.15, 0.2) is 71.9 Å². The van der Waals surface area contributed by atoms with E-state index in [0.717, 1.165) is 0 Å². The van der Waals surface area contributed by atoms with Gasteiger partial charge in [0.05, 0.1) is 6.61 Å². The molecule has 0 saturated heterocycles. The molecule has 11 heteroatoms. The number of hydrogen-bond acceptors (Lipinski definition) is 7. The highest BCUT2D eigenvalue weighted by atomic mass is 32.2. The van der Waals surface area contributed by atoms with E-state index in [1.54, 1.807) is 60.0 Å². The SMILES string of the molecule is CCOc1cc([C@H](C[N+](=O)[O-])Sc2nnc(C)n2-c2ccc(F)cc2)ccc1OCc1ccccc1F. The van der Waals surface area contributed by atoms with Gasteiger partial charge in [-0.2, -0.15) is 0 Å². The maximum absolute atomic E-state index is 14.0. The lowest BCUT2D eigenvalue weighted by atomic mass is 10.1. The zero-order valence-electron chi connectivity index (χ0n) is 20.1. The molecule has 4 rings (SSSR count). The third-order valence-electron chi connectivity index (χ3n) is 5.42. The average molecular weight is 527 g/mol. The number of aryl methyl sites for hydroxylation is 1. The predicted octanol–water partition coefficient (Wildman–Crippen LogP) is 5.94. The van der Waals surface area contributed by atoms with Crippen molar-refractivity contribution in [2.24, 2.45) is 0 Å².